The lowest BCUT2D eigenvalue weighted by molar-refractivity contribution is -0.154. The summed E-state index contributed by atoms with van der Waals surface area (Å²) in [5.41, 5.74) is 2.11. The molecular weight excluding hydrogens is 499 g/mol. The van der Waals surface area contributed by atoms with Crippen molar-refractivity contribution < 1.29 is 31.9 Å². The van der Waals surface area contributed by atoms with Crippen LogP contribution in [0.25, 0.3) is 11.0 Å². The standard InChI is InChI=1S/C29H26F3NO5/c1-4-18-9-7-10-19(5-2)25(18)33-24(34)16-36-20-12-13-22-23(15-20)38-28(29(30,31)32)27(26(22)35)37-21-11-6-8-17(3)14-21/h6-15H,4-5,16H2,1-3H3,(H,33,34). The van der Waals surface area contributed by atoms with Crippen LogP contribution in [0.1, 0.15) is 36.3 Å². The Labute approximate surface area is 217 Å². The first-order chi connectivity index (χ1) is 18.1. The maximum absolute atomic E-state index is 13.8. The minimum atomic E-state index is -4.99. The third-order valence-electron chi connectivity index (χ3n) is 5.92. The molecule has 1 aromatic heterocycles. The van der Waals surface area contributed by atoms with Crippen molar-refractivity contribution in [3.8, 4) is 17.2 Å². The van der Waals surface area contributed by atoms with Gasteiger partial charge in [0.25, 0.3) is 11.7 Å². The quantitative estimate of drug-likeness (QED) is 0.267. The first-order valence-corrected chi connectivity index (χ1v) is 12.1. The van der Waals surface area contributed by atoms with Crippen LogP contribution in [0.4, 0.5) is 18.9 Å². The van der Waals surface area contributed by atoms with Crippen molar-refractivity contribution in [2.45, 2.75) is 39.8 Å². The lowest BCUT2D eigenvalue weighted by Crippen LogP contribution is -2.22. The second-order valence-electron chi connectivity index (χ2n) is 8.66. The molecule has 0 bridgehead atoms. The molecule has 0 spiro atoms. The van der Waals surface area contributed by atoms with Crippen molar-refractivity contribution in [1.29, 1.82) is 0 Å². The number of benzene rings is 3. The molecule has 3 aromatic carbocycles. The summed E-state index contributed by atoms with van der Waals surface area (Å²) in [6.07, 6.45) is -3.54. The van der Waals surface area contributed by atoms with Gasteiger partial charge in [-0.1, -0.05) is 44.2 Å². The van der Waals surface area contributed by atoms with Gasteiger partial charge in [0.1, 0.15) is 17.1 Å². The number of amides is 1. The summed E-state index contributed by atoms with van der Waals surface area (Å²) in [6.45, 7) is 5.32. The number of nitrogens with one attached hydrogen (secondary N) is 1. The van der Waals surface area contributed by atoms with Gasteiger partial charge < -0.3 is 19.2 Å². The number of fused-ring (bicyclic) bond motifs is 1. The molecule has 0 atom stereocenters. The highest BCUT2D eigenvalue weighted by Crippen LogP contribution is 2.38. The molecule has 0 saturated heterocycles. The molecule has 0 radical (unpaired) electrons. The second-order valence-corrected chi connectivity index (χ2v) is 8.66. The Hall–Kier alpha value is -4.27. The number of ether oxygens (including phenoxy) is 2. The van der Waals surface area contributed by atoms with E-state index in [4.69, 9.17) is 13.9 Å². The van der Waals surface area contributed by atoms with Crippen LogP contribution in [0.2, 0.25) is 0 Å². The van der Waals surface area contributed by atoms with Crippen molar-refractivity contribution in [1.82, 2.24) is 0 Å². The van der Waals surface area contributed by atoms with Crippen LogP contribution in [0.3, 0.4) is 0 Å². The molecule has 0 fully saturated rings. The summed E-state index contributed by atoms with van der Waals surface area (Å²) in [5.74, 6) is -2.81. The van der Waals surface area contributed by atoms with E-state index >= 15 is 0 Å². The predicted molar refractivity (Wildman–Crippen MR) is 138 cm³/mol. The fraction of sp³-hybridized carbons (Fsp3) is 0.241. The van der Waals surface area contributed by atoms with E-state index in [9.17, 15) is 22.8 Å². The predicted octanol–water partition coefficient (Wildman–Crippen LogP) is 7.05. The van der Waals surface area contributed by atoms with E-state index in [2.05, 4.69) is 5.32 Å². The van der Waals surface area contributed by atoms with Gasteiger partial charge in [-0.05, 0) is 60.7 Å². The van der Waals surface area contributed by atoms with Crippen molar-refractivity contribution >= 4 is 22.6 Å². The molecule has 4 rings (SSSR count). The van der Waals surface area contributed by atoms with Gasteiger partial charge in [-0.25, -0.2) is 0 Å². The van der Waals surface area contributed by atoms with E-state index in [0.29, 0.717) is 0 Å². The molecule has 0 aliphatic carbocycles. The number of halogens is 3. The van der Waals surface area contributed by atoms with Crippen molar-refractivity contribution in [3.63, 3.8) is 0 Å². The minimum Gasteiger partial charge on any atom is -0.484 e. The molecule has 1 N–H and O–H groups in total. The van der Waals surface area contributed by atoms with E-state index in [1.54, 1.807) is 19.1 Å². The smallest absolute Gasteiger partial charge is 0.453 e. The summed E-state index contributed by atoms with van der Waals surface area (Å²) >= 11 is 0. The molecule has 6 nitrogen and oxygen atoms in total. The Balaban J connectivity index is 1.60. The largest absolute Gasteiger partial charge is 0.484 e. The molecule has 1 amide bonds. The molecule has 4 aromatic rings. The maximum Gasteiger partial charge on any atom is 0.453 e. The third kappa shape index (κ3) is 5.82. The molecule has 38 heavy (non-hydrogen) atoms. The molecule has 0 unspecified atom stereocenters. The molecular formula is C29H26F3NO5. The van der Waals surface area contributed by atoms with Gasteiger partial charge >= 0.3 is 6.18 Å². The van der Waals surface area contributed by atoms with Gasteiger partial charge in [0.05, 0.1) is 5.39 Å². The summed E-state index contributed by atoms with van der Waals surface area (Å²) in [7, 11) is 0. The number of carbonyl (C=O) groups is 1. The second kappa shape index (κ2) is 11.0. The highest BCUT2D eigenvalue weighted by molar-refractivity contribution is 5.93. The zero-order valence-electron chi connectivity index (χ0n) is 21.1. The number of carbonyl (C=O) groups excluding carboxylic acids is 1. The number of para-hydroxylation sites is 1. The average molecular weight is 526 g/mol. The van der Waals surface area contributed by atoms with E-state index in [1.165, 1.54) is 24.3 Å². The lowest BCUT2D eigenvalue weighted by Gasteiger charge is -2.15. The van der Waals surface area contributed by atoms with Crippen molar-refractivity contribution in [2.75, 3.05) is 11.9 Å². The van der Waals surface area contributed by atoms with Crippen LogP contribution in [-0.2, 0) is 23.8 Å². The monoisotopic (exact) mass is 525 g/mol. The van der Waals surface area contributed by atoms with Crippen LogP contribution in [-0.4, -0.2) is 12.5 Å². The Kier molecular flexibility index (Phi) is 7.75. The van der Waals surface area contributed by atoms with E-state index in [-0.39, 0.29) is 22.5 Å². The minimum absolute atomic E-state index is 0.0655. The fourth-order valence-electron chi connectivity index (χ4n) is 4.05. The van der Waals surface area contributed by atoms with Gasteiger partial charge in [0.15, 0.2) is 6.61 Å². The van der Waals surface area contributed by atoms with Crippen molar-refractivity contribution in [3.05, 3.63) is 93.3 Å². The average Bonchev–Trinajstić information content (AvgIpc) is 2.88. The molecule has 198 valence electrons. The van der Waals surface area contributed by atoms with Gasteiger partial charge in [-0.15, -0.1) is 0 Å². The molecule has 0 aliphatic heterocycles. The van der Waals surface area contributed by atoms with Gasteiger partial charge in [0, 0.05) is 11.8 Å². The Morgan fingerprint density at radius 2 is 1.63 bits per heavy atom. The number of aryl methyl sites for hydroxylation is 3. The van der Waals surface area contributed by atoms with E-state index in [1.807, 2.05) is 32.0 Å². The van der Waals surface area contributed by atoms with Crippen molar-refractivity contribution in [2.24, 2.45) is 0 Å². The molecule has 1 heterocycles. The van der Waals surface area contributed by atoms with Crippen LogP contribution < -0.4 is 20.2 Å². The molecule has 0 saturated carbocycles. The summed E-state index contributed by atoms with van der Waals surface area (Å²) in [5, 5.41) is 2.74. The van der Waals surface area contributed by atoms with Crippen LogP contribution in [0.15, 0.2) is 69.9 Å². The lowest BCUT2D eigenvalue weighted by atomic mass is 10.0. The molecule has 0 aliphatic rings. The van der Waals surface area contributed by atoms with Gasteiger partial charge in [-0.2, -0.15) is 13.2 Å². The number of hydrogen-bond acceptors (Lipinski definition) is 5. The summed E-state index contributed by atoms with van der Waals surface area (Å²) in [4.78, 5) is 25.6. The van der Waals surface area contributed by atoms with Gasteiger partial charge in [-0.3, -0.25) is 9.59 Å². The van der Waals surface area contributed by atoms with Crippen LogP contribution in [0.5, 0.6) is 17.2 Å². The summed E-state index contributed by atoms with van der Waals surface area (Å²) < 4.78 is 57.5. The topological polar surface area (TPSA) is 77.8 Å². The SMILES string of the molecule is CCc1cccc(CC)c1NC(=O)COc1ccc2c(=O)c(Oc3cccc(C)c3)c(C(F)(F)F)oc2c1. The zero-order valence-corrected chi connectivity index (χ0v) is 21.1. The first kappa shape index (κ1) is 26.8. The van der Waals surface area contributed by atoms with E-state index < -0.39 is 35.6 Å². The van der Waals surface area contributed by atoms with E-state index in [0.717, 1.165) is 41.3 Å². The number of rotatable bonds is 8. The number of anilines is 1. The highest BCUT2D eigenvalue weighted by Gasteiger charge is 2.40. The number of alkyl halides is 3. The Morgan fingerprint density at radius 3 is 2.26 bits per heavy atom. The Bertz CT molecular complexity index is 1520. The molecule has 9 heteroatoms. The maximum atomic E-state index is 13.8. The fourth-order valence-corrected chi connectivity index (χ4v) is 4.05. The van der Waals surface area contributed by atoms with Crippen LogP contribution in [0, 0.1) is 6.92 Å². The van der Waals surface area contributed by atoms with Gasteiger partial charge in [0.2, 0.25) is 11.2 Å². The third-order valence-corrected chi connectivity index (χ3v) is 5.92. The first-order valence-electron chi connectivity index (χ1n) is 12.1. The Morgan fingerprint density at radius 1 is 0.947 bits per heavy atom. The highest BCUT2D eigenvalue weighted by atomic mass is 19.4. The normalized spacial score (nSPS) is 11.4. The zero-order chi connectivity index (χ0) is 27.4. The summed E-state index contributed by atoms with van der Waals surface area (Å²) in [6, 6.07) is 15.9. The van der Waals surface area contributed by atoms with Crippen LogP contribution >= 0.6 is 0 Å². The number of hydrogen-bond donors (Lipinski definition) is 1.